The highest BCUT2D eigenvalue weighted by molar-refractivity contribution is 5.97. The second-order valence-corrected chi connectivity index (χ2v) is 9.18. The van der Waals surface area contributed by atoms with Crippen molar-refractivity contribution in [1.82, 2.24) is 24.8 Å². The predicted molar refractivity (Wildman–Crippen MR) is 147 cm³/mol. The Labute approximate surface area is 234 Å². The molecular formula is C28H28F2N6O5. The van der Waals surface area contributed by atoms with E-state index in [1.165, 1.54) is 43.6 Å². The molecule has 11 nitrogen and oxygen atoms in total. The smallest absolute Gasteiger partial charge is 0.418 e. The quantitative estimate of drug-likeness (QED) is 0.319. The van der Waals surface area contributed by atoms with Gasteiger partial charge in [0.05, 0.1) is 26.3 Å². The SMILES string of the molecule is COc1cc(OC)c(F)c(-c2ccc(OC(=O)Nc3ccc(CN(C)CC(=O)N(C)C)cn3)c3nccnc23)c1F. The molecule has 4 aromatic rings. The molecule has 0 bridgehead atoms. The molecule has 41 heavy (non-hydrogen) atoms. The van der Waals surface area contributed by atoms with Gasteiger partial charge in [0.2, 0.25) is 5.91 Å². The summed E-state index contributed by atoms with van der Waals surface area (Å²) in [7, 11) is 7.71. The largest absolute Gasteiger partial charge is 0.494 e. The lowest BCUT2D eigenvalue weighted by atomic mass is 10.0. The molecule has 2 aromatic heterocycles. The van der Waals surface area contributed by atoms with E-state index in [-0.39, 0.29) is 52.1 Å². The van der Waals surface area contributed by atoms with Gasteiger partial charge in [-0.1, -0.05) is 6.07 Å². The molecular weight excluding hydrogens is 538 g/mol. The predicted octanol–water partition coefficient (Wildman–Crippen LogP) is 4.12. The molecule has 0 unspecified atom stereocenters. The number of fused-ring (bicyclic) bond motifs is 1. The number of pyridine rings is 1. The molecule has 0 aliphatic heterocycles. The Bertz CT molecular complexity index is 1550. The number of carbonyl (C=O) groups is 2. The Hall–Kier alpha value is -4.91. The number of benzene rings is 2. The first-order chi connectivity index (χ1) is 19.6. The van der Waals surface area contributed by atoms with Crippen LogP contribution in [0.4, 0.5) is 19.4 Å². The second-order valence-electron chi connectivity index (χ2n) is 9.18. The van der Waals surface area contributed by atoms with Crippen molar-refractivity contribution in [3.8, 4) is 28.4 Å². The zero-order valence-corrected chi connectivity index (χ0v) is 23.1. The summed E-state index contributed by atoms with van der Waals surface area (Å²) in [5.41, 5.74) is 0.652. The van der Waals surface area contributed by atoms with E-state index >= 15 is 8.78 Å². The minimum Gasteiger partial charge on any atom is -0.494 e. The Balaban J connectivity index is 1.54. The monoisotopic (exact) mass is 566 g/mol. The van der Waals surface area contributed by atoms with E-state index in [4.69, 9.17) is 14.2 Å². The zero-order chi connectivity index (χ0) is 29.7. The first-order valence-corrected chi connectivity index (χ1v) is 12.3. The highest BCUT2D eigenvalue weighted by Crippen LogP contribution is 2.41. The van der Waals surface area contributed by atoms with Crippen molar-refractivity contribution in [2.24, 2.45) is 0 Å². The van der Waals surface area contributed by atoms with E-state index in [0.717, 1.165) is 11.6 Å². The van der Waals surface area contributed by atoms with Crippen LogP contribution in [-0.4, -0.2) is 78.7 Å². The van der Waals surface area contributed by atoms with E-state index < -0.39 is 23.3 Å². The fraction of sp³-hybridized carbons (Fsp3) is 0.250. The average molecular weight is 567 g/mol. The van der Waals surface area contributed by atoms with Gasteiger partial charge in [-0.3, -0.25) is 20.0 Å². The van der Waals surface area contributed by atoms with Gasteiger partial charge in [0.15, 0.2) is 28.9 Å². The maximum absolute atomic E-state index is 15.2. The van der Waals surface area contributed by atoms with Crippen molar-refractivity contribution >= 4 is 28.9 Å². The summed E-state index contributed by atoms with van der Waals surface area (Å²) in [5.74, 6) is -2.13. The number of nitrogens with zero attached hydrogens (tertiary/aromatic N) is 5. The lowest BCUT2D eigenvalue weighted by Crippen LogP contribution is -2.34. The molecule has 0 aliphatic carbocycles. The number of likely N-dealkylation sites (N-methyl/N-ethyl adjacent to an activating group) is 2. The van der Waals surface area contributed by atoms with Crippen LogP contribution >= 0.6 is 0 Å². The van der Waals surface area contributed by atoms with Gasteiger partial charge in [0.1, 0.15) is 16.9 Å². The second kappa shape index (κ2) is 12.5. The third-order valence-corrected chi connectivity index (χ3v) is 6.05. The van der Waals surface area contributed by atoms with Gasteiger partial charge in [0.25, 0.3) is 0 Å². The number of hydrogen-bond acceptors (Lipinski definition) is 9. The summed E-state index contributed by atoms with van der Waals surface area (Å²) in [6.45, 7) is 0.730. The number of methoxy groups -OCH3 is 2. The standard InChI is InChI=1S/C28H28F2N6O5/c1-35(2)22(37)15-36(3)14-16-6-9-21(33-13-16)34-28(38)41-18-8-7-17(26-27(18)32-11-10-31-26)23-24(29)19(39-4)12-20(40-5)25(23)30/h6-13H,14-15H2,1-5H3,(H,33,34,38). The van der Waals surface area contributed by atoms with E-state index in [1.807, 2.05) is 11.9 Å². The molecule has 0 atom stereocenters. The fourth-order valence-corrected chi connectivity index (χ4v) is 4.00. The Kier molecular flexibility index (Phi) is 8.87. The number of nitrogens with one attached hydrogen (secondary N) is 1. The molecule has 0 spiro atoms. The van der Waals surface area contributed by atoms with E-state index in [1.54, 1.807) is 32.4 Å². The number of carbonyl (C=O) groups excluding carboxylic acids is 2. The van der Waals surface area contributed by atoms with Gasteiger partial charge < -0.3 is 19.1 Å². The van der Waals surface area contributed by atoms with Crippen LogP contribution in [0.3, 0.4) is 0 Å². The van der Waals surface area contributed by atoms with Gasteiger partial charge in [0, 0.05) is 50.9 Å². The Morgan fingerprint density at radius 2 is 1.54 bits per heavy atom. The van der Waals surface area contributed by atoms with Crippen LogP contribution in [0.5, 0.6) is 17.2 Å². The molecule has 2 heterocycles. The van der Waals surface area contributed by atoms with Crippen molar-refractivity contribution in [2.45, 2.75) is 6.54 Å². The maximum Gasteiger partial charge on any atom is 0.418 e. The topological polar surface area (TPSA) is 119 Å². The third-order valence-electron chi connectivity index (χ3n) is 6.05. The van der Waals surface area contributed by atoms with Crippen LogP contribution in [0.15, 0.2) is 48.9 Å². The summed E-state index contributed by atoms with van der Waals surface area (Å²) in [5, 5.41) is 2.53. The van der Waals surface area contributed by atoms with E-state index in [9.17, 15) is 9.59 Å². The molecule has 4 rings (SSSR count). The molecule has 2 aromatic carbocycles. The maximum atomic E-state index is 15.2. The minimum atomic E-state index is -0.950. The molecule has 0 saturated carbocycles. The summed E-state index contributed by atoms with van der Waals surface area (Å²) >= 11 is 0. The molecule has 2 amide bonds. The van der Waals surface area contributed by atoms with E-state index in [2.05, 4.69) is 20.3 Å². The Morgan fingerprint density at radius 1 is 0.878 bits per heavy atom. The van der Waals surface area contributed by atoms with Gasteiger partial charge in [-0.15, -0.1) is 0 Å². The number of anilines is 1. The van der Waals surface area contributed by atoms with Crippen LogP contribution in [-0.2, 0) is 11.3 Å². The van der Waals surface area contributed by atoms with Crippen LogP contribution in [0.25, 0.3) is 22.2 Å². The normalized spacial score (nSPS) is 10.9. The number of hydrogen-bond donors (Lipinski definition) is 1. The zero-order valence-electron chi connectivity index (χ0n) is 23.1. The molecule has 0 saturated heterocycles. The fourth-order valence-electron chi connectivity index (χ4n) is 4.00. The van der Waals surface area contributed by atoms with Gasteiger partial charge in [-0.25, -0.2) is 23.5 Å². The molecule has 13 heteroatoms. The molecule has 0 aliphatic rings. The first-order valence-electron chi connectivity index (χ1n) is 12.3. The highest BCUT2D eigenvalue weighted by atomic mass is 19.1. The summed E-state index contributed by atoms with van der Waals surface area (Å²) in [6, 6.07) is 7.19. The number of halogens is 2. The van der Waals surface area contributed by atoms with Gasteiger partial charge >= 0.3 is 6.09 Å². The van der Waals surface area contributed by atoms with Crippen LogP contribution in [0.1, 0.15) is 5.56 Å². The van der Waals surface area contributed by atoms with Gasteiger partial charge in [-0.05, 0) is 30.8 Å². The summed E-state index contributed by atoms with van der Waals surface area (Å²) in [4.78, 5) is 40.6. The van der Waals surface area contributed by atoms with Crippen molar-refractivity contribution < 1.29 is 32.6 Å². The number of ether oxygens (including phenoxy) is 3. The minimum absolute atomic E-state index is 0.00818. The third kappa shape index (κ3) is 6.47. The number of amides is 2. The Morgan fingerprint density at radius 3 is 2.12 bits per heavy atom. The van der Waals surface area contributed by atoms with Crippen LogP contribution in [0, 0.1) is 11.6 Å². The first kappa shape index (κ1) is 29.1. The molecule has 1 N–H and O–H groups in total. The molecule has 214 valence electrons. The lowest BCUT2D eigenvalue weighted by molar-refractivity contribution is -0.129. The number of rotatable bonds is 9. The van der Waals surface area contributed by atoms with Crippen molar-refractivity contribution in [2.75, 3.05) is 47.2 Å². The average Bonchev–Trinajstić information content (AvgIpc) is 2.95. The number of aromatic nitrogens is 3. The van der Waals surface area contributed by atoms with Crippen molar-refractivity contribution in [1.29, 1.82) is 0 Å². The lowest BCUT2D eigenvalue weighted by Gasteiger charge is -2.18. The van der Waals surface area contributed by atoms with Crippen molar-refractivity contribution in [3.63, 3.8) is 0 Å². The molecule has 0 radical (unpaired) electrons. The highest BCUT2D eigenvalue weighted by Gasteiger charge is 2.25. The molecule has 0 fully saturated rings. The van der Waals surface area contributed by atoms with Crippen molar-refractivity contribution in [3.05, 3.63) is 66.1 Å². The summed E-state index contributed by atoms with van der Waals surface area (Å²) < 4.78 is 46.0. The van der Waals surface area contributed by atoms with Crippen LogP contribution in [0.2, 0.25) is 0 Å². The van der Waals surface area contributed by atoms with Gasteiger partial charge in [-0.2, -0.15) is 0 Å². The summed E-state index contributed by atoms with van der Waals surface area (Å²) in [6.07, 6.45) is 3.42. The van der Waals surface area contributed by atoms with Crippen LogP contribution < -0.4 is 19.5 Å². The van der Waals surface area contributed by atoms with E-state index in [0.29, 0.717) is 6.54 Å².